The SMILES string of the molecule is CC1=CCCC(C)=C1C1C=CC2=C(C1)c1cc3c(-c4ccccc4)c4c(c(-c5ccccc5)c3c3cccc2c13)C1=CC2=C(C=CCC2)C2C=CC=C4C12. The van der Waals surface area contributed by atoms with Crippen molar-refractivity contribution in [2.24, 2.45) is 17.8 Å². The van der Waals surface area contributed by atoms with E-state index in [0.29, 0.717) is 17.8 Å². The molecule has 0 fully saturated rings. The molecule has 0 heteroatoms. The summed E-state index contributed by atoms with van der Waals surface area (Å²) >= 11 is 0. The molecule has 0 amide bonds. The van der Waals surface area contributed by atoms with Gasteiger partial charge < -0.3 is 0 Å². The topological polar surface area (TPSA) is 0 Å². The number of hydrogen-bond donors (Lipinski definition) is 0. The van der Waals surface area contributed by atoms with E-state index in [1.165, 1.54) is 118 Å². The largest absolute Gasteiger partial charge is 0.0839 e. The van der Waals surface area contributed by atoms with Crippen molar-refractivity contribution in [2.45, 2.75) is 46.0 Å². The molecule has 0 heterocycles. The first-order valence-electron chi connectivity index (χ1n) is 20.1. The zero-order valence-corrected chi connectivity index (χ0v) is 31.0. The Balaban J connectivity index is 1.22. The van der Waals surface area contributed by atoms with Gasteiger partial charge in [0.15, 0.2) is 0 Å². The second-order valence-corrected chi connectivity index (χ2v) is 16.5. The van der Waals surface area contributed by atoms with Crippen LogP contribution in [0.25, 0.3) is 66.1 Å². The Morgan fingerprint density at radius 3 is 2.26 bits per heavy atom. The molecule has 0 bridgehead atoms. The molecule has 3 atom stereocenters. The third-order valence-electron chi connectivity index (χ3n) is 13.8. The molecule has 0 saturated heterocycles. The van der Waals surface area contributed by atoms with Crippen molar-refractivity contribution in [1.82, 2.24) is 0 Å². The molecule has 7 aliphatic carbocycles. The number of benzene rings is 5. The van der Waals surface area contributed by atoms with Crippen molar-refractivity contribution in [2.75, 3.05) is 0 Å². The van der Waals surface area contributed by atoms with E-state index < -0.39 is 0 Å². The molecular formula is C54H42. The summed E-state index contributed by atoms with van der Waals surface area (Å²) in [6, 6.07) is 32.5. The molecular weight excluding hydrogens is 649 g/mol. The second-order valence-electron chi connectivity index (χ2n) is 16.5. The maximum absolute atomic E-state index is 2.64. The van der Waals surface area contributed by atoms with Crippen LogP contribution in [0.2, 0.25) is 0 Å². The van der Waals surface area contributed by atoms with Crippen molar-refractivity contribution >= 4 is 43.8 Å². The van der Waals surface area contributed by atoms with Crippen molar-refractivity contribution < 1.29 is 0 Å². The van der Waals surface area contributed by atoms with Crippen molar-refractivity contribution in [3.05, 3.63) is 190 Å². The van der Waals surface area contributed by atoms with Gasteiger partial charge in [-0.2, -0.15) is 0 Å². The molecule has 0 aliphatic heterocycles. The summed E-state index contributed by atoms with van der Waals surface area (Å²) in [6.07, 6.45) is 27.8. The second kappa shape index (κ2) is 11.4. The molecule has 5 aromatic rings. The van der Waals surface area contributed by atoms with E-state index in [1.54, 1.807) is 11.1 Å². The Kier molecular flexibility index (Phi) is 6.48. The maximum Gasteiger partial charge on any atom is 0.0206 e. The number of fused-ring (bicyclic) bond motifs is 8. The molecule has 0 aromatic heterocycles. The first-order valence-corrected chi connectivity index (χ1v) is 20.1. The normalized spacial score (nSPS) is 23.1. The molecule has 0 N–H and O–H groups in total. The summed E-state index contributed by atoms with van der Waals surface area (Å²) in [6.45, 7) is 4.70. The first-order chi connectivity index (χ1) is 26.7. The molecule has 0 nitrogen and oxygen atoms in total. The smallest absolute Gasteiger partial charge is 0.0206 e. The third kappa shape index (κ3) is 4.09. The molecule has 0 spiro atoms. The van der Waals surface area contributed by atoms with Gasteiger partial charge in [-0.05, 0) is 157 Å². The lowest BCUT2D eigenvalue weighted by Crippen LogP contribution is -2.21. The molecule has 258 valence electrons. The van der Waals surface area contributed by atoms with Crippen LogP contribution >= 0.6 is 0 Å². The Bertz CT molecular complexity index is 2830. The first kappa shape index (κ1) is 30.7. The van der Waals surface area contributed by atoms with E-state index >= 15 is 0 Å². The van der Waals surface area contributed by atoms with Crippen LogP contribution in [0.3, 0.4) is 0 Å². The third-order valence-corrected chi connectivity index (χ3v) is 13.8. The Hall–Kier alpha value is -5.72. The van der Waals surface area contributed by atoms with Crippen LogP contribution < -0.4 is 0 Å². The molecule has 12 rings (SSSR count). The lowest BCUT2D eigenvalue weighted by molar-refractivity contribution is 0.660. The highest BCUT2D eigenvalue weighted by Gasteiger charge is 2.45. The van der Waals surface area contributed by atoms with E-state index in [9.17, 15) is 0 Å². The fraction of sp³-hybridized carbons (Fsp3) is 0.185. The molecule has 3 unspecified atom stereocenters. The van der Waals surface area contributed by atoms with Gasteiger partial charge in [0.1, 0.15) is 0 Å². The van der Waals surface area contributed by atoms with Crippen LogP contribution in [0, 0.1) is 17.8 Å². The van der Waals surface area contributed by atoms with Gasteiger partial charge in [-0.1, -0.05) is 145 Å². The predicted octanol–water partition coefficient (Wildman–Crippen LogP) is 14.4. The average Bonchev–Trinajstić information content (AvgIpc) is 3.71. The van der Waals surface area contributed by atoms with Gasteiger partial charge in [-0.15, -0.1) is 0 Å². The summed E-state index contributed by atoms with van der Waals surface area (Å²) in [5.41, 5.74) is 24.8. The molecule has 7 aliphatic rings. The Morgan fingerprint density at radius 2 is 1.44 bits per heavy atom. The monoisotopic (exact) mass is 690 g/mol. The highest BCUT2D eigenvalue weighted by Crippen LogP contribution is 2.63. The number of rotatable bonds is 3. The van der Waals surface area contributed by atoms with Crippen LogP contribution in [0.1, 0.15) is 68.2 Å². The minimum atomic E-state index is 0.323. The molecule has 0 saturated carbocycles. The minimum Gasteiger partial charge on any atom is -0.0839 e. The lowest BCUT2D eigenvalue weighted by Gasteiger charge is -2.34. The van der Waals surface area contributed by atoms with Gasteiger partial charge in [-0.3, -0.25) is 0 Å². The molecule has 5 aromatic carbocycles. The van der Waals surface area contributed by atoms with E-state index in [-0.39, 0.29) is 0 Å². The average molecular weight is 691 g/mol. The van der Waals surface area contributed by atoms with Crippen LogP contribution in [-0.2, 0) is 0 Å². The molecule has 54 heavy (non-hydrogen) atoms. The lowest BCUT2D eigenvalue weighted by atomic mass is 9.69. The van der Waals surface area contributed by atoms with Crippen molar-refractivity contribution in [1.29, 1.82) is 0 Å². The van der Waals surface area contributed by atoms with Gasteiger partial charge in [0.05, 0.1) is 0 Å². The maximum atomic E-state index is 2.64. The number of allylic oxidation sites excluding steroid dienone is 18. The van der Waals surface area contributed by atoms with Gasteiger partial charge in [0.25, 0.3) is 0 Å². The highest BCUT2D eigenvalue weighted by atomic mass is 14.5. The molecule has 0 radical (unpaired) electrons. The van der Waals surface area contributed by atoms with E-state index in [4.69, 9.17) is 0 Å². The van der Waals surface area contributed by atoms with Crippen LogP contribution in [-0.4, -0.2) is 0 Å². The van der Waals surface area contributed by atoms with Crippen molar-refractivity contribution in [3.63, 3.8) is 0 Å². The van der Waals surface area contributed by atoms with E-state index in [0.717, 1.165) is 19.3 Å². The van der Waals surface area contributed by atoms with Gasteiger partial charge in [-0.25, -0.2) is 0 Å². The predicted molar refractivity (Wildman–Crippen MR) is 230 cm³/mol. The van der Waals surface area contributed by atoms with Gasteiger partial charge >= 0.3 is 0 Å². The summed E-state index contributed by atoms with van der Waals surface area (Å²) < 4.78 is 0. The number of hydrogen-bond acceptors (Lipinski definition) is 0. The summed E-state index contributed by atoms with van der Waals surface area (Å²) in [5, 5.41) is 5.61. The summed E-state index contributed by atoms with van der Waals surface area (Å²) in [7, 11) is 0. The standard InChI is InChI=1S/C54H42/c1-31-14-11-15-32(2)47(31)36-26-27-38-40-23-13-24-41-50(40)44(43(38)29-36)30-46-48(33-16-5-3-6-17-33)53-42-25-12-22-39-37-21-10-9-20-35(37)28-45(51(39)42)54(53)49(52(41)46)34-18-7-4-8-19-34/h3-8,10,12-14,16-19,21-28,30,36,39,51H,9,11,15,20,29H2,1-2H3. The van der Waals surface area contributed by atoms with E-state index in [2.05, 4.69) is 153 Å². The quantitative estimate of drug-likeness (QED) is 0.165. The zero-order chi connectivity index (χ0) is 35.7. The fourth-order valence-electron chi connectivity index (χ4n) is 11.7. The van der Waals surface area contributed by atoms with E-state index in [1.807, 2.05) is 0 Å². The minimum absolute atomic E-state index is 0.323. The summed E-state index contributed by atoms with van der Waals surface area (Å²) in [5.74, 6) is 1.10. The van der Waals surface area contributed by atoms with Crippen LogP contribution in [0.5, 0.6) is 0 Å². The Morgan fingerprint density at radius 1 is 0.648 bits per heavy atom. The highest BCUT2D eigenvalue weighted by molar-refractivity contribution is 6.30. The Labute approximate surface area is 318 Å². The van der Waals surface area contributed by atoms with Gasteiger partial charge in [0, 0.05) is 17.8 Å². The van der Waals surface area contributed by atoms with Crippen LogP contribution in [0.4, 0.5) is 0 Å². The van der Waals surface area contributed by atoms with Crippen molar-refractivity contribution in [3.8, 4) is 22.3 Å². The van der Waals surface area contributed by atoms with Gasteiger partial charge in [0.2, 0.25) is 0 Å². The fourth-order valence-corrected chi connectivity index (χ4v) is 11.7. The summed E-state index contributed by atoms with van der Waals surface area (Å²) in [4.78, 5) is 0. The zero-order valence-electron chi connectivity index (χ0n) is 31.0. The van der Waals surface area contributed by atoms with Crippen LogP contribution in [0.15, 0.2) is 167 Å².